The van der Waals surface area contributed by atoms with Crippen LogP contribution in [0.1, 0.15) is 48.5 Å². The van der Waals surface area contributed by atoms with Crippen molar-refractivity contribution >= 4 is 28.9 Å². The Morgan fingerprint density at radius 2 is 2.17 bits per heavy atom. The Labute approximate surface area is 202 Å². The van der Waals surface area contributed by atoms with Crippen LogP contribution in [0.25, 0.3) is 5.65 Å². The van der Waals surface area contributed by atoms with E-state index in [2.05, 4.69) is 31.3 Å². The van der Waals surface area contributed by atoms with E-state index in [9.17, 15) is 9.59 Å². The van der Waals surface area contributed by atoms with Gasteiger partial charge in [-0.2, -0.15) is 9.78 Å². The minimum absolute atomic E-state index is 0.00818. The van der Waals surface area contributed by atoms with Crippen molar-refractivity contribution in [2.75, 3.05) is 36.9 Å². The monoisotopic (exact) mass is 475 g/mol. The van der Waals surface area contributed by atoms with Crippen molar-refractivity contribution in [3.63, 3.8) is 0 Å². The van der Waals surface area contributed by atoms with Gasteiger partial charge < -0.3 is 25.4 Å². The van der Waals surface area contributed by atoms with Crippen molar-refractivity contribution in [3.8, 4) is 6.07 Å². The molecule has 1 aliphatic carbocycles. The first kappa shape index (κ1) is 22.9. The van der Waals surface area contributed by atoms with Crippen LogP contribution in [0.4, 0.5) is 17.3 Å². The Kier molecular flexibility index (Phi) is 6.13. The van der Waals surface area contributed by atoms with Crippen molar-refractivity contribution in [2.24, 2.45) is 5.73 Å². The van der Waals surface area contributed by atoms with E-state index < -0.39 is 5.91 Å². The number of nitrogens with two attached hydrogens (primary N) is 1. The van der Waals surface area contributed by atoms with Crippen LogP contribution < -0.4 is 21.5 Å². The average Bonchev–Trinajstić information content (AvgIpc) is 3.64. The molecule has 4 heterocycles. The molecule has 3 N–H and O–H groups in total. The quantitative estimate of drug-likeness (QED) is 0.504. The third kappa shape index (κ3) is 4.44. The molecule has 1 saturated carbocycles. The van der Waals surface area contributed by atoms with Gasteiger partial charge in [-0.15, -0.1) is 5.10 Å². The minimum Gasteiger partial charge on any atom is -0.365 e. The van der Waals surface area contributed by atoms with E-state index in [4.69, 9.17) is 11.0 Å². The van der Waals surface area contributed by atoms with E-state index in [1.807, 2.05) is 19.2 Å². The molecule has 1 atom stereocenters. The maximum atomic E-state index is 13.4. The Morgan fingerprint density at radius 1 is 1.34 bits per heavy atom. The van der Waals surface area contributed by atoms with Crippen LogP contribution in [-0.2, 0) is 0 Å². The highest BCUT2D eigenvalue weighted by molar-refractivity contribution is 6.04. The van der Waals surface area contributed by atoms with Crippen LogP contribution in [0.15, 0.2) is 35.4 Å². The molecule has 0 bridgehead atoms. The number of nitrogens with one attached hydrogen (secondary N) is 1. The van der Waals surface area contributed by atoms with Crippen molar-refractivity contribution < 1.29 is 4.79 Å². The van der Waals surface area contributed by atoms with Crippen LogP contribution in [0.2, 0.25) is 0 Å². The summed E-state index contributed by atoms with van der Waals surface area (Å²) in [6.45, 7) is 2.35. The van der Waals surface area contributed by atoms with Crippen molar-refractivity contribution in [3.05, 3.63) is 46.5 Å². The topological polar surface area (TPSA) is 138 Å². The van der Waals surface area contributed by atoms with E-state index in [0.29, 0.717) is 36.9 Å². The Morgan fingerprint density at radius 3 is 2.91 bits per heavy atom. The van der Waals surface area contributed by atoms with E-state index in [-0.39, 0.29) is 23.0 Å². The molecule has 35 heavy (non-hydrogen) atoms. The smallest absolute Gasteiger partial charge is 0.274 e. The third-order valence-corrected chi connectivity index (χ3v) is 6.84. The molecule has 1 saturated heterocycles. The molecule has 11 heteroatoms. The molecule has 0 aromatic carbocycles. The van der Waals surface area contributed by atoms with Gasteiger partial charge in [0.05, 0.1) is 6.07 Å². The molecule has 1 unspecified atom stereocenters. The average molecular weight is 476 g/mol. The predicted molar refractivity (Wildman–Crippen MR) is 132 cm³/mol. The fraction of sp³-hybridized carbons (Fsp3) is 0.458. The summed E-state index contributed by atoms with van der Waals surface area (Å²) in [6.07, 6.45) is 7.95. The number of piperidine rings is 1. The minimum atomic E-state index is -0.669. The standard InChI is InChI=1S/C24H29N9O2/c1-30(16-7-8-16)19-9-11-27-23-20(21(26)34)22(29-33(19)23)28-18-6-3-14-32(24(18)35)17-5-2-12-31(15-17)13-4-10-25/h3,6,9,11,14,16-17H,2,4-5,7-8,12-13,15H2,1H3,(H2,26,34)(H,28,29). The van der Waals surface area contributed by atoms with E-state index in [0.717, 1.165) is 38.0 Å². The summed E-state index contributed by atoms with van der Waals surface area (Å²) in [5.41, 5.74) is 6.32. The number of hydrogen-bond donors (Lipinski definition) is 2. The van der Waals surface area contributed by atoms with Gasteiger partial charge in [-0.1, -0.05) is 0 Å². The van der Waals surface area contributed by atoms with Crippen LogP contribution >= 0.6 is 0 Å². The zero-order valence-corrected chi connectivity index (χ0v) is 19.7. The van der Waals surface area contributed by atoms with E-state index in [1.54, 1.807) is 27.5 Å². The van der Waals surface area contributed by atoms with Crippen LogP contribution in [-0.4, -0.2) is 62.7 Å². The van der Waals surface area contributed by atoms with Crippen molar-refractivity contribution in [1.29, 1.82) is 5.26 Å². The maximum absolute atomic E-state index is 13.4. The molecule has 3 aromatic heterocycles. The van der Waals surface area contributed by atoms with Crippen LogP contribution in [0.3, 0.4) is 0 Å². The molecular weight excluding hydrogens is 446 g/mol. The summed E-state index contributed by atoms with van der Waals surface area (Å²) in [5.74, 6) is 0.340. The second-order valence-corrected chi connectivity index (χ2v) is 9.23. The van der Waals surface area contributed by atoms with Crippen LogP contribution in [0, 0.1) is 11.3 Å². The van der Waals surface area contributed by atoms with Gasteiger partial charge in [0.15, 0.2) is 11.5 Å². The molecule has 182 valence electrons. The van der Waals surface area contributed by atoms with Crippen molar-refractivity contribution in [1.82, 2.24) is 24.1 Å². The molecule has 5 rings (SSSR count). The molecule has 1 amide bonds. The zero-order valence-electron chi connectivity index (χ0n) is 19.7. The number of amides is 1. The molecule has 2 fully saturated rings. The highest BCUT2D eigenvalue weighted by atomic mass is 16.1. The Bertz CT molecular complexity index is 1350. The summed E-state index contributed by atoms with van der Waals surface area (Å²) < 4.78 is 3.33. The summed E-state index contributed by atoms with van der Waals surface area (Å²) in [6, 6.07) is 7.96. The lowest BCUT2D eigenvalue weighted by atomic mass is 10.0. The SMILES string of the molecule is CN(c1ccnc2c(C(N)=O)c(Nc3cccn(C4CCCN(CCC#N)C4)c3=O)nn12)C1CC1. The zero-order chi connectivity index (χ0) is 24.5. The summed E-state index contributed by atoms with van der Waals surface area (Å²) in [4.78, 5) is 34.5. The van der Waals surface area contributed by atoms with Gasteiger partial charge in [-0.3, -0.25) is 9.59 Å². The largest absolute Gasteiger partial charge is 0.365 e. The van der Waals surface area contributed by atoms with Gasteiger partial charge in [-0.05, 0) is 50.4 Å². The molecule has 1 aliphatic heterocycles. The fourth-order valence-electron chi connectivity index (χ4n) is 4.85. The van der Waals surface area contributed by atoms with Gasteiger partial charge in [0.2, 0.25) is 0 Å². The number of carbonyl (C=O) groups excluding carboxylic acids is 1. The van der Waals surface area contributed by atoms with Gasteiger partial charge in [-0.25, -0.2) is 4.98 Å². The highest BCUT2D eigenvalue weighted by Crippen LogP contribution is 2.32. The molecular formula is C24H29N9O2. The number of nitriles is 1. The maximum Gasteiger partial charge on any atom is 0.274 e. The summed E-state index contributed by atoms with van der Waals surface area (Å²) in [5, 5.41) is 16.6. The number of aromatic nitrogens is 4. The van der Waals surface area contributed by atoms with Gasteiger partial charge >= 0.3 is 0 Å². The third-order valence-electron chi connectivity index (χ3n) is 6.84. The van der Waals surface area contributed by atoms with Crippen LogP contribution in [0.5, 0.6) is 0 Å². The molecule has 2 aliphatic rings. The van der Waals surface area contributed by atoms with E-state index >= 15 is 0 Å². The highest BCUT2D eigenvalue weighted by Gasteiger charge is 2.30. The number of fused-ring (bicyclic) bond motifs is 1. The molecule has 0 spiro atoms. The number of hydrogen-bond acceptors (Lipinski definition) is 8. The normalized spacial score (nSPS) is 18.3. The number of rotatable bonds is 8. The predicted octanol–water partition coefficient (Wildman–Crippen LogP) is 1.88. The first-order valence-corrected chi connectivity index (χ1v) is 12.0. The second kappa shape index (κ2) is 9.38. The fourth-order valence-corrected chi connectivity index (χ4v) is 4.85. The number of pyridine rings is 1. The first-order valence-electron chi connectivity index (χ1n) is 12.0. The Hall–Kier alpha value is -3.91. The number of primary amides is 1. The Balaban J connectivity index is 1.48. The van der Waals surface area contributed by atoms with Gasteiger partial charge in [0, 0.05) is 51.0 Å². The van der Waals surface area contributed by atoms with E-state index in [1.165, 1.54) is 0 Å². The number of carbonyl (C=O) groups is 1. The lowest BCUT2D eigenvalue weighted by Gasteiger charge is -2.33. The molecule has 11 nitrogen and oxygen atoms in total. The van der Waals surface area contributed by atoms with Crippen molar-refractivity contribution in [2.45, 2.75) is 44.2 Å². The molecule has 3 aromatic rings. The molecule has 0 radical (unpaired) electrons. The summed E-state index contributed by atoms with van der Waals surface area (Å²) in [7, 11) is 1.99. The second-order valence-electron chi connectivity index (χ2n) is 9.23. The number of anilines is 3. The summed E-state index contributed by atoms with van der Waals surface area (Å²) >= 11 is 0. The lowest BCUT2D eigenvalue weighted by molar-refractivity contribution is 0.100. The number of likely N-dealkylation sites (tertiary alicyclic amines) is 1. The first-order chi connectivity index (χ1) is 17.0. The van der Waals surface area contributed by atoms with Gasteiger partial charge in [0.1, 0.15) is 17.1 Å². The number of nitrogens with zero attached hydrogens (tertiary/aromatic N) is 7. The van der Waals surface area contributed by atoms with Gasteiger partial charge in [0.25, 0.3) is 11.5 Å². The lowest BCUT2D eigenvalue weighted by Crippen LogP contribution is -2.40.